The van der Waals surface area contributed by atoms with E-state index in [4.69, 9.17) is 4.74 Å². The van der Waals surface area contributed by atoms with Crippen LogP contribution in [0.1, 0.15) is 32.1 Å². The van der Waals surface area contributed by atoms with E-state index in [9.17, 15) is 0 Å². The maximum absolute atomic E-state index is 5.18. The van der Waals surface area contributed by atoms with Gasteiger partial charge in [-0.25, -0.2) is 0 Å². The molecule has 5 nitrogen and oxygen atoms in total. The molecule has 1 aliphatic carbocycles. The van der Waals surface area contributed by atoms with Crippen molar-refractivity contribution in [3.63, 3.8) is 0 Å². The van der Waals surface area contributed by atoms with Gasteiger partial charge in [0.15, 0.2) is 5.82 Å². The first-order valence-electron chi connectivity index (χ1n) is 7.23. The minimum Gasteiger partial charge on any atom is -0.480 e. The molecule has 104 valence electrons. The van der Waals surface area contributed by atoms with Crippen LogP contribution < -0.4 is 15.0 Å². The fraction of sp³-hybridized carbons (Fsp3) is 0.714. The number of ether oxygens (including phenoxy) is 1. The SMILES string of the molecule is COc1cncc(N(CC2CCCCN2)C2CC2)n1. The second-order valence-electron chi connectivity index (χ2n) is 5.45. The molecule has 2 fully saturated rings. The van der Waals surface area contributed by atoms with E-state index >= 15 is 0 Å². The molecule has 0 spiro atoms. The van der Waals surface area contributed by atoms with E-state index in [1.807, 2.05) is 6.20 Å². The van der Waals surface area contributed by atoms with Crippen LogP contribution in [0, 0.1) is 0 Å². The number of anilines is 1. The fourth-order valence-electron chi connectivity index (χ4n) is 2.71. The summed E-state index contributed by atoms with van der Waals surface area (Å²) < 4.78 is 5.18. The van der Waals surface area contributed by atoms with Crippen molar-refractivity contribution in [2.45, 2.75) is 44.2 Å². The summed E-state index contributed by atoms with van der Waals surface area (Å²) in [5.74, 6) is 1.55. The Morgan fingerprint density at radius 2 is 2.21 bits per heavy atom. The van der Waals surface area contributed by atoms with E-state index in [1.54, 1.807) is 13.3 Å². The van der Waals surface area contributed by atoms with E-state index in [2.05, 4.69) is 20.2 Å². The van der Waals surface area contributed by atoms with Crippen LogP contribution in [0.25, 0.3) is 0 Å². The Hall–Kier alpha value is -1.36. The smallest absolute Gasteiger partial charge is 0.233 e. The number of nitrogens with one attached hydrogen (secondary N) is 1. The van der Waals surface area contributed by atoms with E-state index in [-0.39, 0.29) is 0 Å². The van der Waals surface area contributed by atoms with Crippen LogP contribution in [-0.2, 0) is 0 Å². The highest BCUT2D eigenvalue weighted by atomic mass is 16.5. The molecule has 1 aliphatic heterocycles. The van der Waals surface area contributed by atoms with Gasteiger partial charge in [-0.15, -0.1) is 0 Å². The topological polar surface area (TPSA) is 50.3 Å². The molecule has 1 aromatic heterocycles. The van der Waals surface area contributed by atoms with Crippen LogP contribution in [0.2, 0.25) is 0 Å². The summed E-state index contributed by atoms with van der Waals surface area (Å²) >= 11 is 0. The Bertz CT molecular complexity index is 416. The number of aromatic nitrogens is 2. The summed E-state index contributed by atoms with van der Waals surface area (Å²) in [6.45, 7) is 2.18. The third kappa shape index (κ3) is 3.15. The van der Waals surface area contributed by atoms with Gasteiger partial charge in [0, 0.05) is 18.6 Å². The van der Waals surface area contributed by atoms with Crippen LogP contribution in [0.4, 0.5) is 5.82 Å². The monoisotopic (exact) mass is 262 g/mol. The van der Waals surface area contributed by atoms with E-state index in [0.29, 0.717) is 18.0 Å². The van der Waals surface area contributed by atoms with E-state index in [0.717, 1.165) is 18.9 Å². The maximum atomic E-state index is 5.18. The normalized spacial score (nSPS) is 23.1. The van der Waals surface area contributed by atoms with Crippen molar-refractivity contribution in [3.8, 4) is 5.88 Å². The molecule has 1 atom stereocenters. The minimum atomic E-state index is 0.586. The Labute approximate surface area is 114 Å². The van der Waals surface area contributed by atoms with E-state index < -0.39 is 0 Å². The first-order valence-corrected chi connectivity index (χ1v) is 7.23. The summed E-state index contributed by atoms with van der Waals surface area (Å²) in [5, 5.41) is 3.61. The molecule has 0 bridgehead atoms. The van der Waals surface area contributed by atoms with Gasteiger partial charge in [0.25, 0.3) is 0 Å². The van der Waals surface area contributed by atoms with Gasteiger partial charge in [-0.2, -0.15) is 4.98 Å². The first-order chi connectivity index (χ1) is 9.36. The number of methoxy groups -OCH3 is 1. The zero-order valence-corrected chi connectivity index (χ0v) is 11.5. The lowest BCUT2D eigenvalue weighted by atomic mass is 10.0. The minimum absolute atomic E-state index is 0.586. The Kier molecular flexibility index (Phi) is 3.82. The Morgan fingerprint density at radius 3 is 2.89 bits per heavy atom. The van der Waals surface area contributed by atoms with Crippen molar-refractivity contribution < 1.29 is 4.74 Å². The van der Waals surface area contributed by atoms with Crippen LogP contribution in [0.15, 0.2) is 12.4 Å². The fourth-order valence-corrected chi connectivity index (χ4v) is 2.71. The molecule has 1 saturated heterocycles. The number of hydrogen-bond acceptors (Lipinski definition) is 5. The Balaban J connectivity index is 1.72. The predicted molar refractivity (Wildman–Crippen MR) is 74.6 cm³/mol. The number of nitrogens with zero attached hydrogens (tertiary/aromatic N) is 3. The molecule has 3 rings (SSSR count). The molecule has 2 heterocycles. The van der Waals surface area contributed by atoms with Crippen molar-refractivity contribution >= 4 is 5.82 Å². The summed E-state index contributed by atoms with van der Waals surface area (Å²) in [4.78, 5) is 11.2. The Morgan fingerprint density at radius 1 is 1.32 bits per heavy atom. The second-order valence-corrected chi connectivity index (χ2v) is 5.45. The summed E-state index contributed by atoms with van der Waals surface area (Å²) in [5.41, 5.74) is 0. The highest BCUT2D eigenvalue weighted by Gasteiger charge is 2.32. The van der Waals surface area contributed by atoms with Gasteiger partial charge < -0.3 is 15.0 Å². The highest BCUT2D eigenvalue weighted by molar-refractivity contribution is 5.41. The average Bonchev–Trinajstić information content (AvgIpc) is 3.30. The lowest BCUT2D eigenvalue weighted by molar-refractivity contribution is 0.389. The molecule has 1 unspecified atom stereocenters. The van der Waals surface area contributed by atoms with Gasteiger partial charge in [-0.05, 0) is 32.2 Å². The molecule has 1 N–H and O–H groups in total. The van der Waals surface area contributed by atoms with Gasteiger partial charge in [0.1, 0.15) is 0 Å². The third-order valence-corrected chi connectivity index (χ3v) is 3.92. The van der Waals surface area contributed by atoms with Crippen LogP contribution >= 0.6 is 0 Å². The van der Waals surface area contributed by atoms with E-state index in [1.165, 1.54) is 32.1 Å². The summed E-state index contributed by atoms with van der Waals surface area (Å²) in [6, 6.07) is 1.23. The molecule has 1 aromatic rings. The first kappa shape index (κ1) is 12.7. The highest BCUT2D eigenvalue weighted by Crippen LogP contribution is 2.31. The zero-order valence-electron chi connectivity index (χ0n) is 11.5. The van der Waals surface area contributed by atoms with Crippen molar-refractivity contribution in [2.75, 3.05) is 25.1 Å². The van der Waals surface area contributed by atoms with Crippen molar-refractivity contribution in [1.82, 2.24) is 15.3 Å². The van der Waals surface area contributed by atoms with Crippen LogP contribution in [0.3, 0.4) is 0 Å². The van der Waals surface area contributed by atoms with Gasteiger partial charge >= 0.3 is 0 Å². The molecule has 5 heteroatoms. The number of hydrogen-bond donors (Lipinski definition) is 1. The van der Waals surface area contributed by atoms with Crippen molar-refractivity contribution in [1.29, 1.82) is 0 Å². The zero-order chi connectivity index (χ0) is 13.1. The second kappa shape index (κ2) is 5.74. The van der Waals surface area contributed by atoms with Gasteiger partial charge in [0.2, 0.25) is 5.88 Å². The summed E-state index contributed by atoms with van der Waals surface area (Å²) in [7, 11) is 1.64. The lowest BCUT2D eigenvalue weighted by Gasteiger charge is -2.31. The number of rotatable bonds is 5. The molecule has 0 radical (unpaired) electrons. The molecule has 19 heavy (non-hydrogen) atoms. The molecule has 0 amide bonds. The average molecular weight is 262 g/mol. The van der Waals surface area contributed by atoms with Crippen molar-refractivity contribution in [2.24, 2.45) is 0 Å². The van der Waals surface area contributed by atoms with Gasteiger partial charge in [-0.1, -0.05) is 6.42 Å². The lowest BCUT2D eigenvalue weighted by Crippen LogP contribution is -2.44. The largest absolute Gasteiger partial charge is 0.480 e. The molecule has 0 aromatic carbocycles. The molecular formula is C14H22N4O. The quantitative estimate of drug-likeness (QED) is 0.873. The molecular weight excluding hydrogens is 240 g/mol. The van der Waals surface area contributed by atoms with Gasteiger partial charge in [0.05, 0.1) is 19.5 Å². The van der Waals surface area contributed by atoms with Crippen LogP contribution in [0.5, 0.6) is 5.88 Å². The van der Waals surface area contributed by atoms with Gasteiger partial charge in [-0.3, -0.25) is 4.98 Å². The summed E-state index contributed by atoms with van der Waals surface area (Å²) in [6.07, 6.45) is 9.95. The van der Waals surface area contributed by atoms with Crippen LogP contribution in [-0.4, -0.2) is 42.3 Å². The predicted octanol–water partition coefficient (Wildman–Crippen LogP) is 1.60. The molecule has 1 saturated carbocycles. The number of piperidine rings is 1. The standard InChI is InChI=1S/C14H22N4O/c1-19-14-9-15-8-13(17-14)18(12-5-6-12)10-11-4-2-3-7-16-11/h8-9,11-12,16H,2-7,10H2,1H3. The van der Waals surface area contributed by atoms with Crippen molar-refractivity contribution in [3.05, 3.63) is 12.4 Å². The molecule has 2 aliphatic rings. The third-order valence-electron chi connectivity index (χ3n) is 3.92. The maximum Gasteiger partial charge on any atom is 0.233 e.